The van der Waals surface area contributed by atoms with E-state index < -0.39 is 10.0 Å². The summed E-state index contributed by atoms with van der Waals surface area (Å²) < 4.78 is 22.3. The number of rotatable bonds is 5. The minimum absolute atomic E-state index is 0.0431. The van der Waals surface area contributed by atoms with E-state index in [1.54, 1.807) is 30.3 Å². The van der Waals surface area contributed by atoms with E-state index in [2.05, 4.69) is 5.32 Å². The van der Waals surface area contributed by atoms with Crippen LogP contribution < -0.4 is 10.5 Å². The monoisotopic (exact) mass is 338 g/mol. The number of primary sulfonamides is 1. The molecule has 0 aliphatic heterocycles. The number of benzene rings is 2. The van der Waals surface area contributed by atoms with E-state index in [9.17, 15) is 13.2 Å². The van der Waals surface area contributed by atoms with Gasteiger partial charge in [-0.3, -0.25) is 4.79 Å². The van der Waals surface area contributed by atoms with Crippen LogP contribution in [0.15, 0.2) is 53.4 Å². The summed E-state index contributed by atoms with van der Waals surface area (Å²) in [6.45, 7) is 0.310. The van der Waals surface area contributed by atoms with E-state index in [0.717, 1.165) is 11.1 Å². The largest absolute Gasteiger partial charge is 0.352 e. The normalized spacial score (nSPS) is 11.2. The van der Waals surface area contributed by atoms with Gasteiger partial charge in [0.05, 0.1) is 11.3 Å². The lowest BCUT2D eigenvalue weighted by Gasteiger charge is -2.06. The van der Waals surface area contributed by atoms with Gasteiger partial charge in [0.15, 0.2) is 0 Å². The van der Waals surface area contributed by atoms with Crippen LogP contribution in [0.1, 0.15) is 11.1 Å². The Morgan fingerprint density at radius 2 is 1.77 bits per heavy atom. The lowest BCUT2D eigenvalue weighted by atomic mass is 10.1. The van der Waals surface area contributed by atoms with E-state index in [0.29, 0.717) is 11.6 Å². The van der Waals surface area contributed by atoms with Crippen LogP contribution in [0.5, 0.6) is 0 Å². The molecule has 0 unspecified atom stereocenters. The van der Waals surface area contributed by atoms with Crippen LogP contribution in [0, 0.1) is 0 Å². The van der Waals surface area contributed by atoms with Crippen molar-refractivity contribution in [1.82, 2.24) is 5.32 Å². The van der Waals surface area contributed by atoms with Gasteiger partial charge in [0.1, 0.15) is 0 Å². The fourth-order valence-electron chi connectivity index (χ4n) is 1.89. The van der Waals surface area contributed by atoms with Crippen molar-refractivity contribution in [1.29, 1.82) is 0 Å². The van der Waals surface area contributed by atoms with Crippen LogP contribution in [0.25, 0.3) is 0 Å². The van der Waals surface area contributed by atoms with Gasteiger partial charge in [-0.05, 0) is 35.4 Å². The number of carbonyl (C=O) groups is 1. The average molecular weight is 339 g/mol. The molecule has 0 bridgehead atoms. The molecule has 0 aromatic heterocycles. The summed E-state index contributed by atoms with van der Waals surface area (Å²) in [5.74, 6) is -0.141. The molecule has 0 radical (unpaired) electrons. The predicted octanol–water partition coefficient (Wildman–Crippen LogP) is 1.85. The molecule has 3 N–H and O–H groups in total. The number of carbonyl (C=O) groups excluding carboxylic acids is 1. The van der Waals surface area contributed by atoms with Gasteiger partial charge in [-0.25, -0.2) is 13.6 Å². The molecule has 0 aliphatic rings. The third kappa shape index (κ3) is 4.84. The highest BCUT2D eigenvalue weighted by Crippen LogP contribution is 2.11. The SMILES string of the molecule is NS(=O)(=O)c1ccc(CNC(=O)Cc2cccc(Cl)c2)cc1. The first-order chi connectivity index (χ1) is 10.3. The van der Waals surface area contributed by atoms with E-state index in [1.807, 2.05) is 6.07 Å². The first kappa shape index (κ1) is 16.5. The minimum atomic E-state index is -3.70. The molecular formula is C15H15ClN2O3S. The third-order valence-corrected chi connectivity index (χ3v) is 4.16. The third-order valence-electron chi connectivity index (χ3n) is 3.00. The Bertz CT molecular complexity index is 774. The quantitative estimate of drug-likeness (QED) is 0.871. The molecule has 7 heteroatoms. The van der Waals surface area contributed by atoms with Crippen LogP contribution in [-0.2, 0) is 27.8 Å². The van der Waals surface area contributed by atoms with Crippen molar-refractivity contribution in [2.45, 2.75) is 17.9 Å². The predicted molar refractivity (Wildman–Crippen MR) is 84.8 cm³/mol. The van der Waals surface area contributed by atoms with Crippen LogP contribution in [0.4, 0.5) is 0 Å². The Balaban J connectivity index is 1.91. The van der Waals surface area contributed by atoms with Gasteiger partial charge in [0, 0.05) is 11.6 Å². The van der Waals surface area contributed by atoms with Crippen molar-refractivity contribution in [2.24, 2.45) is 5.14 Å². The smallest absolute Gasteiger partial charge is 0.238 e. The Labute approximate surface area is 134 Å². The van der Waals surface area contributed by atoms with Crippen LogP contribution in [-0.4, -0.2) is 14.3 Å². The van der Waals surface area contributed by atoms with E-state index in [-0.39, 0.29) is 17.2 Å². The summed E-state index contributed by atoms with van der Waals surface area (Å²) >= 11 is 5.86. The molecule has 2 aromatic carbocycles. The number of hydrogen-bond acceptors (Lipinski definition) is 3. The van der Waals surface area contributed by atoms with Gasteiger partial charge in [-0.1, -0.05) is 35.9 Å². The molecule has 2 rings (SSSR count). The average Bonchev–Trinajstić information content (AvgIpc) is 2.45. The molecule has 0 saturated heterocycles. The molecule has 116 valence electrons. The maximum Gasteiger partial charge on any atom is 0.238 e. The molecule has 0 spiro atoms. The topological polar surface area (TPSA) is 89.3 Å². The zero-order valence-corrected chi connectivity index (χ0v) is 13.2. The number of nitrogens with two attached hydrogens (primary N) is 1. The lowest BCUT2D eigenvalue weighted by Crippen LogP contribution is -2.24. The molecule has 22 heavy (non-hydrogen) atoms. The molecular weight excluding hydrogens is 324 g/mol. The van der Waals surface area contributed by atoms with Crippen molar-refractivity contribution in [3.05, 3.63) is 64.7 Å². The number of nitrogens with one attached hydrogen (secondary N) is 1. The summed E-state index contributed by atoms with van der Waals surface area (Å²) in [5.41, 5.74) is 1.61. The summed E-state index contributed by atoms with van der Waals surface area (Å²) in [6, 6.07) is 13.1. The second-order valence-corrected chi connectivity index (χ2v) is 6.77. The fraction of sp³-hybridized carbons (Fsp3) is 0.133. The van der Waals surface area contributed by atoms with Crippen molar-refractivity contribution in [2.75, 3.05) is 0 Å². The van der Waals surface area contributed by atoms with Crippen molar-refractivity contribution < 1.29 is 13.2 Å². The van der Waals surface area contributed by atoms with Gasteiger partial charge in [-0.2, -0.15) is 0 Å². The molecule has 0 heterocycles. The first-order valence-corrected chi connectivity index (χ1v) is 8.40. The highest BCUT2D eigenvalue weighted by Gasteiger charge is 2.07. The summed E-state index contributed by atoms with van der Waals surface area (Å²) in [5, 5.41) is 8.37. The highest BCUT2D eigenvalue weighted by molar-refractivity contribution is 7.89. The minimum Gasteiger partial charge on any atom is -0.352 e. The Morgan fingerprint density at radius 1 is 1.09 bits per heavy atom. The van der Waals surface area contributed by atoms with Gasteiger partial charge < -0.3 is 5.32 Å². The summed E-state index contributed by atoms with van der Waals surface area (Å²) in [4.78, 5) is 11.9. The van der Waals surface area contributed by atoms with Gasteiger partial charge in [-0.15, -0.1) is 0 Å². The molecule has 5 nitrogen and oxygen atoms in total. The Morgan fingerprint density at radius 3 is 2.36 bits per heavy atom. The molecule has 0 atom stereocenters. The standard InChI is InChI=1S/C15H15ClN2O3S/c16-13-3-1-2-12(8-13)9-15(19)18-10-11-4-6-14(7-5-11)22(17,20)21/h1-8H,9-10H2,(H,18,19)(H2,17,20,21). The number of halogens is 1. The Hall–Kier alpha value is -1.89. The van der Waals surface area contributed by atoms with E-state index in [1.165, 1.54) is 12.1 Å². The second-order valence-electron chi connectivity index (χ2n) is 4.77. The highest BCUT2D eigenvalue weighted by atomic mass is 35.5. The van der Waals surface area contributed by atoms with Gasteiger partial charge in [0.2, 0.25) is 15.9 Å². The zero-order chi connectivity index (χ0) is 16.2. The zero-order valence-electron chi connectivity index (χ0n) is 11.6. The van der Waals surface area contributed by atoms with Crippen LogP contribution >= 0.6 is 11.6 Å². The van der Waals surface area contributed by atoms with Crippen LogP contribution in [0.2, 0.25) is 5.02 Å². The fourth-order valence-corrected chi connectivity index (χ4v) is 2.62. The van der Waals surface area contributed by atoms with Gasteiger partial charge in [0.25, 0.3) is 0 Å². The van der Waals surface area contributed by atoms with Crippen molar-refractivity contribution in [3.63, 3.8) is 0 Å². The maximum absolute atomic E-state index is 11.9. The number of hydrogen-bond donors (Lipinski definition) is 2. The summed E-state index contributed by atoms with van der Waals surface area (Å²) in [6.07, 6.45) is 0.232. The lowest BCUT2D eigenvalue weighted by molar-refractivity contribution is -0.120. The first-order valence-electron chi connectivity index (χ1n) is 6.47. The molecule has 0 saturated carbocycles. The molecule has 1 amide bonds. The molecule has 0 aliphatic carbocycles. The molecule has 0 fully saturated rings. The summed E-state index contributed by atoms with van der Waals surface area (Å²) in [7, 11) is -3.70. The Kier molecular flexibility index (Phi) is 5.18. The van der Waals surface area contributed by atoms with Crippen molar-refractivity contribution >= 4 is 27.5 Å². The number of sulfonamides is 1. The van der Waals surface area contributed by atoms with E-state index >= 15 is 0 Å². The molecule has 2 aromatic rings. The van der Waals surface area contributed by atoms with Gasteiger partial charge >= 0.3 is 0 Å². The van der Waals surface area contributed by atoms with E-state index in [4.69, 9.17) is 16.7 Å². The number of amides is 1. The maximum atomic E-state index is 11.9. The van der Waals surface area contributed by atoms with Crippen LogP contribution in [0.3, 0.4) is 0 Å². The second kappa shape index (κ2) is 6.91. The van der Waals surface area contributed by atoms with Crippen molar-refractivity contribution in [3.8, 4) is 0 Å².